The van der Waals surface area contributed by atoms with Crippen LogP contribution < -0.4 is 10.6 Å². The molecule has 0 spiro atoms. The maximum Gasteiger partial charge on any atom is 0.138 e. The number of hydrogen-bond donors (Lipinski definition) is 1. The molecule has 0 aromatic heterocycles. The van der Waals surface area contributed by atoms with E-state index in [1.165, 1.54) is 19.2 Å². The molecule has 0 aliphatic heterocycles. The fourth-order valence-electron chi connectivity index (χ4n) is 0.900. The Morgan fingerprint density at radius 2 is 2.31 bits per heavy atom. The van der Waals surface area contributed by atoms with Crippen molar-refractivity contribution in [3.8, 4) is 5.75 Å². The molecular weight excluding hydrogens is 195 g/mol. The molecule has 0 aliphatic carbocycles. The molecule has 0 heterocycles. The minimum atomic E-state index is -0.486. The van der Waals surface area contributed by atoms with Crippen LogP contribution in [0.2, 0.25) is 5.02 Å². The number of methoxy groups -OCH3 is 1. The van der Waals surface area contributed by atoms with Gasteiger partial charge >= 0.3 is 0 Å². The van der Waals surface area contributed by atoms with Gasteiger partial charge in [0.25, 0.3) is 0 Å². The lowest BCUT2D eigenvalue weighted by Crippen LogP contribution is -1.95. The van der Waals surface area contributed by atoms with Crippen LogP contribution in [0, 0.1) is 5.82 Å². The summed E-state index contributed by atoms with van der Waals surface area (Å²) in [6.07, 6.45) is 1.14. The van der Waals surface area contributed by atoms with Crippen LogP contribution >= 0.6 is 11.6 Å². The fourth-order valence-corrected chi connectivity index (χ4v) is 1.18. The monoisotopic (exact) mass is 202 g/mol. The van der Waals surface area contributed by atoms with Gasteiger partial charge in [-0.3, -0.25) is 0 Å². The van der Waals surface area contributed by atoms with E-state index in [1.807, 2.05) is 0 Å². The standard InChI is InChI=1S/C8H8ClFN2O/c1-13-7-3-2-6(10)5(4-12-11)8(7)9/h2-4H,11H2,1H3. The number of rotatable bonds is 2. The molecule has 13 heavy (non-hydrogen) atoms. The molecule has 70 valence electrons. The maximum atomic E-state index is 13.1. The van der Waals surface area contributed by atoms with Crippen LogP contribution in [0.4, 0.5) is 4.39 Å². The van der Waals surface area contributed by atoms with Crippen LogP contribution in [0.25, 0.3) is 0 Å². The topological polar surface area (TPSA) is 47.6 Å². The normalized spacial score (nSPS) is 10.7. The van der Waals surface area contributed by atoms with E-state index in [0.717, 1.165) is 6.21 Å². The van der Waals surface area contributed by atoms with Gasteiger partial charge in [0.1, 0.15) is 11.6 Å². The Kier molecular flexibility index (Phi) is 3.08. The lowest BCUT2D eigenvalue weighted by Gasteiger charge is -2.05. The number of benzene rings is 1. The van der Waals surface area contributed by atoms with Gasteiger partial charge in [-0.05, 0) is 12.1 Å². The van der Waals surface area contributed by atoms with E-state index in [-0.39, 0.29) is 10.6 Å². The Morgan fingerprint density at radius 3 is 2.85 bits per heavy atom. The third kappa shape index (κ3) is 1.89. The van der Waals surface area contributed by atoms with E-state index in [0.29, 0.717) is 5.75 Å². The number of halogens is 2. The molecule has 0 fully saturated rings. The van der Waals surface area contributed by atoms with Gasteiger partial charge in [0.05, 0.1) is 23.9 Å². The smallest absolute Gasteiger partial charge is 0.138 e. The van der Waals surface area contributed by atoms with Gasteiger partial charge in [0.15, 0.2) is 0 Å². The summed E-state index contributed by atoms with van der Waals surface area (Å²) in [6.45, 7) is 0. The number of hydrogen-bond acceptors (Lipinski definition) is 3. The van der Waals surface area contributed by atoms with Crippen LogP contribution in [-0.2, 0) is 0 Å². The molecule has 1 aromatic rings. The molecule has 2 N–H and O–H groups in total. The zero-order valence-electron chi connectivity index (χ0n) is 6.92. The molecule has 0 unspecified atom stereocenters. The number of nitrogens with two attached hydrogens (primary N) is 1. The third-order valence-corrected chi connectivity index (χ3v) is 1.90. The lowest BCUT2D eigenvalue weighted by atomic mass is 10.2. The van der Waals surface area contributed by atoms with Crippen molar-refractivity contribution in [1.82, 2.24) is 0 Å². The maximum absolute atomic E-state index is 13.1. The van der Waals surface area contributed by atoms with Crippen molar-refractivity contribution < 1.29 is 9.13 Å². The lowest BCUT2D eigenvalue weighted by molar-refractivity contribution is 0.414. The second-order valence-electron chi connectivity index (χ2n) is 2.26. The molecule has 0 atom stereocenters. The van der Waals surface area contributed by atoms with Crippen molar-refractivity contribution in [3.05, 3.63) is 28.5 Å². The van der Waals surface area contributed by atoms with Crippen molar-refractivity contribution in [2.75, 3.05) is 7.11 Å². The van der Waals surface area contributed by atoms with Gasteiger partial charge in [-0.2, -0.15) is 5.10 Å². The summed E-state index contributed by atoms with van der Waals surface area (Å²) in [5.41, 5.74) is 0.128. The third-order valence-electron chi connectivity index (χ3n) is 1.51. The van der Waals surface area contributed by atoms with Crippen molar-refractivity contribution in [1.29, 1.82) is 0 Å². The molecular formula is C8H8ClFN2O. The first kappa shape index (κ1) is 9.80. The van der Waals surface area contributed by atoms with Crippen LogP contribution in [0.5, 0.6) is 5.75 Å². The Hall–Kier alpha value is -1.29. The number of hydrazone groups is 1. The highest BCUT2D eigenvalue weighted by molar-refractivity contribution is 6.34. The van der Waals surface area contributed by atoms with E-state index in [2.05, 4.69) is 5.10 Å². The number of ether oxygens (including phenoxy) is 1. The van der Waals surface area contributed by atoms with Gasteiger partial charge in [-0.15, -0.1) is 0 Å². The highest BCUT2D eigenvalue weighted by Gasteiger charge is 2.09. The Balaban J connectivity index is 3.29. The first-order valence-electron chi connectivity index (χ1n) is 3.46. The molecule has 1 rings (SSSR count). The van der Waals surface area contributed by atoms with Crippen LogP contribution in [0.3, 0.4) is 0 Å². The van der Waals surface area contributed by atoms with Crippen molar-refractivity contribution in [3.63, 3.8) is 0 Å². The predicted molar refractivity (Wildman–Crippen MR) is 49.7 cm³/mol. The Labute approximate surface area is 79.9 Å². The largest absolute Gasteiger partial charge is 0.495 e. The highest BCUT2D eigenvalue weighted by Crippen LogP contribution is 2.28. The quantitative estimate of drug-likeness (QED) is 0.452. The summed E-state index contributed by atoms with van der Waals surface area (Å²) in [7, 11) is 1.45. The molecule has 0 saturated heterocycles. The molecule has 0 aliphatic rings. The van der Waals surface area contributed by atoms with Crippen LogP contribution in [0.1, 0.15) is 5.56 Å². The zero-order chi connectivity index (χ0) is 9.84. The fraction of sp³-hybridized carbons (Fsp3) is 0.125. The first-order chi connectivity index (χ1) is 6.20. The van der Waals surface area contributed by atoms with Gasteiger partial charge in [0, 0.05) is 0 Å². The summed E-state index contributed by atoms with van der Waals surface area (Å²) in [6, 6.07) is 2.67. The Morgan fingerprint density at radius 1 is 1.62 bits per heavy atom. The molecule has 3 nitrogen and oxygen atoms in total. The summed E-state index contributed by atoms with van der Waals surface area (Å²) < 4.78 is 18.0. The summed E-state index contributed by atoms with van der Waals surface area (Å²) in [4.78, 5) is 0. The minimum absolute atomic E-state index is 0.128. The van der Waals surface area contributed by atoms with Crippen LogP contribution in [0.15, 0.2) is 17.2 Å². The van der Waals surface area contributed by atoms with Crippen LogP contribution in [-0.4, -0.2) is 13.3 Å². The van der Waals surface area contributed by atoms with Gasteiger partial charge in [-0.1, -0.05) is 11.6 Å². The minimum Gasteiger partial charge on any atom is -0.495 e. The average Bonchev–Trinajstić information content (AvgIpc) is 2.12. The molecule has 0 amide bonds. The molecule has 0 saturated carbocycles. The molecule has 5 heteroatoms. The van der Waals surface area contributed by atoms with E-state index >= 15 is 0 Å². The molecule has 0 bridgehead atoms. The Bertz CT molecular complexity index is 341. The summed E-state index contributed by atoms with van der Waals surface area (Å²) >= 11 is 5.78. The number of nitrogens with zero attached hydrogens (tertiary/aromatic N) is 1. The second-order valence-corrected chi connectivity index (χ2v) is 2.63. The van der Waals surface area contributed by atoms with E-state index < -0.39 is 5.82 Å². The highest BCUT2D eigenvalue weighted by atomic mass is 35.5. The summed E-state index contributed by atoms with van der Waals surface area (Å²) in [5.74, 6) is 4.79. The van der Waals surface area contributed by atoms with Crippen molar-refractivity contribution >= 4 is 17.8 Å². The van der Waals surface area contributed by atoms with Crippen molar-refractivity contribution in [2.45, 2.75) is 0 Å². The van der Waals surface area contributed by atoms with E-state index in [9.17, 15) is 4.39 Å². The molecule has 1 aromatic carbocycles. The van der Waals surface area contributed by atoms with E-state index in [4.69, 9.17) is 22.2 Å². The van der Waals surface area contributed by atoms with Gasteiger partial charge < -0.3 is 10.6 Å². The molecule has 0 radical (unpaired) electrons. The van der Waals surface area contributed by atoms with Crippen molar-refractivity contribution in [2.24, 2.45) is 10.9 Å². The van der Waals surface area contributed by atoms with E-state index in [1.54, 1.807) is 0 Å². The second kappa shape index (κ2) is 4.09. The van der Waals surface area contributed by atoms with Gasteiger partial charge in [-0.25, -0.2) is 4.39 Å². The van der Waals surface area contributed by atoms with Gasteiger partial charge in [0.2, 0.25) is 0 Å². The SMILES string of the molecule is COc1ccc(F)c(C=NN)c1Cl. The summed E-state index contributed by atoms with van der Waals surface area (Å²) in [5, 5.41) is 3.36. The average molecular weight is 203 g/mol. The zero-order valence-corrected chi connectivity index (χ0v) is 7.68. The first-order valence-corrected chi connectivity index (χ1v) is 3.83. The predicted octanol–water partition coefficient (Wildman–Crippen LogP) is 1.78.